The van der Waals surface area contributed by atoms with Crippen LogP contribution in [0.4, 0.5) is 17.1 Å². The summed E-state index contributed by atoms with van der Waals surface area (Å²) in [5.41, 5.74) is 18.8. The molecular formula is C56H41N. The highest BCUT2D eigenvalue weighted by Gasteiger charge is 2.47. The fourth-order valence-corrected chi connectivity index (χ4v) is 9.09. The molecule has 1 aliphatic carbocycles. The highest BCUT2D eigenvalue weighted by molar-refractivity contribution is 6.00. The first-order chi connectivity index (χ1) is 28.2. The molecule has 0 fully saturated rings. The molecule has 0 saturated carbocycles. The zero-order chi connectivity index (χ0) is 38.2. The molecule has 1 aliphatic rings. The number of fused-ring (bicyclic) bond motifs is 3. The number of rotatable bonds is 8. The lowest BCUT2D eigenvalue weighted by Gasteiger charge is -2.34. The van der Waals surface area contributed by atoms with Crippen molar-refractivity contribution in [1.82, 2.24) is 0 Å². The number of hydrogen-bond acceptors (Lipinski definition) is 1. The van der Waals surface area contributed by atoms with Crippen molar-refractivity contribution in [2.75, 3.05) is 4.90 Å². The SMILES string of the molecule is Cc1cccc(-c2cc(-c3ccccc3)ccc2N(c2ccc(-c3ccccc3)cc2)c2cccc3c2-c2ccccc2C3(c2ccccc2)c2ccccc2)c1. The third-order valence-corrected chi connectivity index (χ3v) is 11.6. The molecule has 0 atom stereocenters. The van der Waals surface area contributed by atoms with E-state index in [1.165, 1.54) is 72.3 Å². The Hall–Kier alpha value is -7.22. The summed E-state index contributed by atoms with van der Waals surface area (Å²) in [4.78, 5) is 2.50. The van der Waals surface area contributed by atoms with E-state index in [1.807, 2.05) is 0 Å². The third-order valence-electron chi connectivity index (χ3n) is 11.6. The van der Waals surface area contributed by atoms with Crippen LogP contribution in [0.25, 0.3) is 44.5 Å². The maximum Gasteiger partial charge on any atom is 0.0714 e. The summed E-state index contributed by atoms with van der Waals surface area (Å²) >= 11 is 0. The van der Waals surface area contributed by atoms with Gasteiger partial charge in [0.05, 0.1) is 16.8 Å². The minimum Gasteiger partial charge on any atom is -0.309 e. The number of anilines is 3. The zero-order valence-corrected chi connectivity index (χ0v) is 31.9. The Bertz CT molecular complexity index is 2780. The van der Waals surface area contributed by atoms with Gasteiger partial charge in [-0.05, 0) is 92.9 Å². The second-order valence-electron chi connectivity index (χ2n) is 14.9. The first-order valence-corrected chi connectivity index (χ1v) is 19.8. The zero-order valence-electron chi connectivity index (χ0n) is 31.9. The van der Waals surface area contributed by atoms with Crippen molar-refractivity contribution >= 4 is 17.1 Å². The molecule has 0 heterocycles. The van der Waals surface area contributed by atoms with E-state index in [0.29, 0.717) is 0 Å². The van der Waals surface area contributed by atoms with Gasteiger partial charge in [-0.3, -0.25) is 0 Å². The highest BCUT2D eigenvalue weighted by atomic mass is 15.1. The van der Waals surface area contributed by atoms with E-state index in [4.69, 9.17) is 0 Å². The molecular weight excluding hydrogens is 687 g/mol. The van der Waals surface area contributed by atoms with Crippen molar-refractivity contribution in [3.8, 4) is 44.5 Å². The van der Waals surface area contributed by atoms with E-state index in [1.54, 1.807) is 0 Å². The quantitative estimate of drug-likeness (QED) is 0.151. The van der Waals surface area contributed by atoms with E-state index in [9.17, 15) is 0 Å². The van der Waals surface area contributed by atoms with Crippen LogP contribution in [0.3, 0.4) is 0 Å². The van der Waals surface area contributed by atoms with Crippen LogP contribution in [0, 0.1) is 6.92 Å². The summed E-state index contributed by atoms with van der Waals surface area (Å²) in [6.07, 6.45) is 0. The van der Waals surface area contributed by atoms with Crippen LogP contribution in [-0.2, 0) is 5.41 Å². The van der Waals surface area contributed by atoms with Gasteiger partial charge in [-0.2, -0.15) is 0 Å². The van der Waals surface area contributed by atoms with Gasteiger partial charge in [0.1, 0.15) is 0 Å². The lowest BCUT2D eigenvalue weighted by molar-refractivity contribution is 0.768. The normalized spacial score (nSPS) is 12.4. The van der Waals surface area contributed by atoms with Gasteiger partial charge in [0.2, 0.25) is 0 Å². The summed E-state index contributed by atoms with van der Waals surface area (Å²) in [6.45, 7) is 2.18. The molecule has 0 aliphatic heterocycles. The Labute approximate surface area is 335 Å². The molecule has 0 unspecified atom stereocenters. The first kappa shape index (κ1) is 34.3. The lowest BCUT2D eigenvalue weighted by Crippen LogP contribution is -2.28. The molecule has 270 valence electrons. The minimum absolute atomic E-state index is 0.510. The molecule has 0 aromatic heterocycles. The standard InChI is InChI=1S/C56H41N/c1-40-18-16-23-45(38-40)50-39-44(42-21-8-3-9-22-42)34-37-53(50)57(48-35-32-43(33-36-48)41-19-6-2-7-20-41)54-31-17-30-52-55(54)49-28-14-15-29-51(49)56(52,46-24-10-4-11-25-46)47-26-12-5-13-27-47/h2-39H,1H3. The van der Waals surface area contributed by atoms with Crippen molar-refractivity contribution in [3.05, 3.63) is 258 Å². The summed E-state index contributed by atoms with van der Waals surface area (Å²) < 4.78 is 0. The Balaban J connectivity index is 1.28. The van der Waals surface area contributed by atoms with Crippen LogP contribution in [0.1, 0.15) is 27.8 Å². The predicted molar refractivity (Wildman–Crippen MR) is 239 cm³/mol. The van der Waals surface area contributed by atoms with Gasteiger partial charge < -0.3 is 4.90 Å². The van der Waals surface area contributed by atoms with Gasteiger partial charge in [0.25, 0.3) is 0 Å². The molecule has 0 bridgehead atoms. The monoisotopic (exact) mass is 727 g/mol. The fourth-order valence-electron chi connectivity index (χ4n) is 9.09. The Kier molecular flexibility index (Phi) is 8.69. The molecule has 10 rings (SSSR count). The van der Waals surface area contributed by atoms with Crippen molar-refractivity contribution in [2.45, 2.75) is 12.3 Å². The van der Waals surface area contributed by atoms with Gasteiger partial charge in [-0.1, -0.05) is 206 Å². The molecule has 0 saturated heterocycles. The van der Waals surface area contributed by atoms with Crippen LogP contribution in [-0.4, -0.2) is 0 Å². The molecule has 1 heteroatoms. The summed E-state index contributed by atoms with van der Waals surface area (Å²) in [6, 6.07) is 84.4. The summed E-state index contributed by atoms with van der Waals surface area (Å²) in [5, 5.41) is 0. The van der Waals surface area contributed by atoms with Gasteiger partial charge in [-0.25, -0.2) is 0 Å². The fraction of sp³-hybridized carbons (Fsp3) is 0.0357. The number of aryl methyl sites for hydroxylation is 1. The van der Waals surface area contributed by atoms with Crippen LogP contribution < -0.4 is 4.90 Å². The van der Waals surface area contributed by atoms with Gasteiger partial charge in [0.15, 0.2) is 0 Å². The van der Waals surface area contributed by atoms with E-state index in [-0.39, 0.29) is 0 Å². The van der Waals surface area contributed by atoms with Crippen molar-refractivity contribution in [2.24, 2.45) is 0 Å². The molecule has 9 aromatic carbocycles. The Morgan fingerprint density at radius 2 is 0.842 bits per heavy atom. The second-order valence-corrected chi connectivity index (χ2v) is 14.9. The minimum atomic E-state index is -0.510. The number of benzene rings is 9. The topological polar surface area (TPSA) is 3.24 Å². The maximum absolute atomic E-state index is 2.50. The molecule has 0 N–H and O–H groups in total. The van der Waals surface area contributed by atoms with Gasteiger partial charge in [0, 0.05) is 16.8 Å². The van der Waals surface area contributed by atoms with Crippen LogP contribution >= 0.6 is 0 Å². The molecule has 1 nitrogen and oxygen atoms in total. The summed E-state index contributed by atoms with van der Waals surface area (Å²) in [7, 11) is 0. The van der Waals surface area contributed by atoms with Gasteiger partial charge >= 0.3 is 0 Å². The number of nitrogens with zero attached hydrogens (tertiary/aromatic N) is 1. The van der Waals surface area contributed by atoms with Crippen molar-refractivity contribution in [3.63, 3.8) is 0 Å². The predicted octanol–water partition coefficient (Wildman–Crippen LogP) is 14.8. The van der Waals surface area contributed by atoms with E-state index in [2.05, 4.69) is 242 Å². The molecule has 0 amide bonds. The lowest BCUT2D eigenvalue weighted by atomic mass is 9.68. The molecule has 57 heavy (non-hydrogen) atoms. The van der Waals surface area contributed by atoms with E-state index < -0.39 is 5.41 Å². The largest absolute Gasteiger partial charge is 0.309 e. The Morgan fingerprint density at radius 1 is 0.333 bits per heavy atom. The third kappa shape index (κ3) is 5.88. The number of hydrogen-bond donors (Lipinski definition) is 0. The van der Waals surface area contributed by atoms with Crippen molar-refractivity contribution < 1.29 is 0 Å². The smallest absolute Gasteiger partial charge is 0.0714 e. The van der Waals surface area contributed by atoms with Gasteiger partial charge in [-0.15, -0.1) is 0 Å². The second kappa shape index (κ2) is 14.5. The van der Waals surface area contributed by atoms with E-state index >= 15 is 0 Å². The average molecular weight is 728 g/mol. The highest BCUT2D eigenvalue weighted by Crippen LogP contribution is 2.60. The summed E-state index contributed by atoms with van der Waals surface area (Å²) in [5.74, 6) is 0. The molecule has 0 radical (unpaired) electrons. The first-order valence-electron chi connectivity index (χ1n) is 19.8. The molecule has 9 aromatic rings. The van der Waals surface area contributed by atoms with Crippen LogP contribution in [0.5, 0.6) is 0 Å². The van der Waals surface area contributed by atoms with E-state index in [0.717, 1.165) is 17.1 Å². The maximum atomic E-state index is 2.50. The van der Waals surface area contributed by atoms with Crippen LogP contribution in [0.2, 0.25) is 0 Å². The van der Waals surface area contributed by atoms with Crippen LogP contribution in [0.15, 0.2) is 231 Å². The van der Waals surface area contributed by atoms with Crippen molar-refractivity contribution in [1.29, 1.82) is 0 Å². The molecule has 0 spiro atoms. The Morgan fingerprint density at radius 3 is 1.49 bits per heavy atom. The average Bonchev–Trinajstić information content (AvgIpc) is 3.60.